The summed E-state index contributed by atoms with van der Waals surface area (Å²) in [6.07, 6.45) is 0. The summed E-state index contributed by atoms with van der Waals surface area (Å²) in [6.45, 7) is 14.2. The zero-order valence-corrected chi connectivity index (χ0v) is 57.7. The SMILES string of the molecule is CC1(C)c2ccccc2-c2ccc(-c3ccc4c(c3)c3ccccc3n4-c3ccc(-c4ccc(-c5cc(-n6c7ccccc7c7cc(-c8ccc9c(c8)C(C)(C)c8ccccc8-9)ccc76)nc(-n6c7ccccc7c7cc(-c8ccc9c(c8)C(C)(C)c8ccccc8-9)ccc76)n5)cc4)cc3)cc21. The molecule has 0 saturated carbocycles. The Morgan fingerprint density at radius 3 is 0.961 bits per heavy atom. The van der Waals surface area contributed by atoms with E-state index in [-0.39, 0.29) is 16.2 Å². The van der Waals surface area contributed by atoms with Gasteiger partial charge in [0.05, 0.1) is 38.8 Å². The van der Waals surface area contributed by atoms with Crippen molar-refractivity contribution in [2.45, 2.75) is 57.8 Å². The lowest BCUT2D eigenvalue weighted by Gasteiger charge is -2.22. The fourth-order valence-corrected chi connectivity index (χ4v) is 18.3. The highest BCUT2D eigenvalue weighted by molar-refractivity contribution is 6.13. The molecule has 482 valence electrons. The summed E-state index contributed by atoms with van der Waals surface area (Å²) in [5.74, 6) is 1.39. The molecule has 3 aliphatic rings. The molecule has 0 unspecified atom stereocenters. The first kappa shape index (κ1) is 58.5. The summed E-state index contributed by atoms with van der Waals surface area (Å²) < 4.78 is 7.05. The Morgan fingerprint density at radius 1 is 0.216 bits per heavy atom. The van der Waals surface area contributed by atoms with Crippen LogP contribution >= 0.6 is 0 Å². The topological polar surface area (TPSA) is 40.6 Å². The second kappa shape index (κ2) is 21.3. The van der Waals surface area contributed by atoms with Gasteiger partial charge in [0.15, 0.2) is 0 Å². The summed E-state index contributed by atoms with van der Waals surface area (Å²) in [5, 5.41) is 7.10. The molecule has 5 nitrogen and oxygen atoms in total. The number of rotatable bonds is 8. The van der Waals surface area contributed by atoms with E-state index < -0.39 is 0 Å². The van der Waals surface area contributed by atoms with Gasteiger partial charge in [-0.3, -0.25) is 9.13 Å². The molecular weight excluding hydrogens is 1240 g/mol. The van der Waals surface area contributed by atoms with Gasteiger partial charge in [0.1, 0.15) is 5.82 Å². The van der Waals surface area contributed by atoms with Crippen molar-refractivity contribution in [1.82, 2.24) is 23.7 Å². The lowest BCUT2D eigenvalue weighted by molar-refractivity contribution is 0.660. The first-order valence-electron chi connectivity index (χ1n) is 35.8. The second-order valence-corrected chi connectivity index (χ2v) is 30.1. The van der Waals surface area contributed by atoms with Crippen LogP contribution in [0.3, 0.4) is 0 Å². The van der Waals surface area contributed by atoms with Gasteiger partial charge >= 0.3 is 0 Å². The number of aromatic nitrogens is 5. The third kappa shape index (κ3) is 8.39. The van der Waals surface area contributed by atoms with E-state index >= 15 is 0 Å². The average Bonchev–Trinajstić information content (AvgIpc) is 1.58. The summed E-state index contributed by atoms with van der Waals surface area (Å²) in [5.41, 5.74) is 35.0. The number of hydrogen-bond acceptors (Lipinski definition) is 2. The summed E-state index contributed by atoms with van der Waals surface area (Å²) in [4.78, 5) is 11.4. The predicted octanol–water partition coefficient (Wildman–Crippen LogP) is 25.0. The van der Waals surface area contributed by atoms with Crippen molar-refractivity contribution in [3.63, 3.8) is 0 Å². The third-order valence-corrected chi connectivity index (χ3v) is 23.5. The van der Waals surface area contributed by atoms with Gasteiger partial charge in [-0.1, -0.05) is 260 Å². The quantitative estimate of drug-likeness (QED) is 0.152. The fraction of sp³-hybridized carbons (Fsp3) is 0.0928. The van der Waals surface area contributed by atoms with Crippen LogP contribution in [-0.4, -0.2) is 23.7 Å². The molecule has 0 fully saturated rings. The second-order valence-electron chi connectivity index (χ2n) is 30.1. The van der Waals surface area contributed by atoms with Gasteiger partial charge in [-0.15, -0.1) is 0 Å². The van der Waals surface area contributed by atoms with Crippen LogP contribution in [0.15, 0.2) is 309 Å². The third-order valence-electron chi connectivity index (χ3n) is 23.5. The van der Waals surface area contributed by atoms with Gasteiger partial charge in [0, 0.05) is 65.9 Å². The Hall–Kier alpha value is -12.4. The van der Waals surface area contributed by atoms with E-state index in [0.717, 1.165) is 72.1 Å². The first-order chi connectivity index (χ1) is 49.8. The largest absolute Gasteiger partial charge is 0.309 e. The van der Waals surface area contributed by atoms with Crippen molar-refractivity contribution in [2.24, 2.45) is 0 Å². The van der Waals surface area contributed by atoms with Crippen molar-refractivity contribution < 1.29 is 0 Å². The maximum Gasteiger partial charge on any atom is 0.237 e. The van der Waals surface area contributed by atoms with Gasteiger partial charge in [0.25, 0.3) is 0 Å². The van der Waals surface area contributed by atoms with Gasteiger partial charge < -0.3 is 4.57 Å². The molecule has 5 heteroatoms. The predicted molar refractivity (Wildman–Crippen MR) is 425 cm³/mol. The normalized spacial score (nSPS) is 14.2. The van der Waals surface area contributed by atoms with Crippen molar-refractivity contribution in [2.75, 3.05) is 0 Å². The van der Waals surface area contributed by atoms with E-state index in [1.165, 1.54) is 127 Å². The minimum absolute atomic E-state index is 0.0695. The highest BCUT2D eigenvalue weighted by Crippen LogP contribution is 2.53. The standard InChI is InChI=1S/C97H69N5/c1-95(2)80-25-13-7-19-68(80)71-45-37-64(54-83(71)95)61-40-48-90-77(51-61)74-22-10-16-28-87(74)100(90)67-43-35-59(36-44-67)58-31-33-60(34-32-58)86-57-93(101-88-29-17-11-23-75(88)78-52-62(41-49-91(78)101)65-38-46-72-69-20-8-14-26-81(69)96(3,4)84(72)55-65)99-94(98-86)102-89-30-18-12-24-76(89)79-53-63(42-50-92(79)102)66-39-47-73-70-21-9-15-27-82(70)97(5,6)85(73)56-66/h7-57H,1-6H3. The molecule has 0 spiro atoms. The zero-order valence-electron chi connectivity index (χ0n) is 57.7. The molecule has 0 atom stereocenters. The Balaban J connectivity index is 0.673. The molecule has 4 heterocycles. The highest BCUT2D eigenvalue weighted by Gasteiger charge is 2.38. The number of hydrogen-bond donors (Lipinski definition) is 0. The van der Waals surface area contributed by atoms with E-state index in [2.05, 4.69) is 365 Å². The lowest BCUT2D eigenvalue weighted by atomic mass is 9.81. The van der Waals surface area contributed by atoms with Crippen LogP contribution in [0.2, 0.25) is 0 Å². The molecule has 0 saturated heterocycles. The van der Waals surface area contributed by atoms with Crippen LogP contribution in [0.1, 0.15) is 74.9 Å². The van der Waals surface area contributed by atoms with Crippen molar-refractivity contribution >= 4 is 65.4 Å². The van der Waals surface area contributed by atoms with Crippen LogP contribution in [0.4, 0.5) is 0 Å². The smallest absolute Gasteiger partial charge is 0.237 e. The molecule has 0 radical (unpaired) electrons. The molecule has 0 N–H and O–H groups in total. The first-order valence-corrected chi connectivity index (χ1v) is 35.8. The molecule has 18 aromatic rings. The molecule has 0 aliphatic heterocycles. The zero-order chi connectivity index (χ0) is 68.1. The average molecular weight is 1300 g/mol. The van der Waals surface area contributed by atoms with E-state index in [4.69, 9.17) is 9.97 Å². The lowest BCUT2D eigenvalue weighted by Crippen LogP contribution is -2.14. The molecule has 21 rings (SSSR count). The van der Waals surface area contributed by atoms with Gasteiger partial charge in [0.2, 0.25) is 5.95 Å². The van der Waals surface area contributed by atoms with Gasteiger partial charge in [-0.2, -0.15) is 4.98 Å². The Morgan fingerprint density at radius 2 is 0.520 bits per heavy atom. The molecule has 0 amide bonds. The molecule has 14 aromatic carbocycles. The summed E-state index contributed by atoms with van der Waals surface area (Å²) in [6, 6.07) is 115. The molecule has 0 bridgehead atoms. The van der Waals surface area contributed by atoms with Crippen molar-refractivity contribution in [3.05, 3.63) is 343 Å². The fourth-order valence-electron chi connectivity index (χ4n) is 18.3. The number of para-hydroxylation sites is 3. The van der Waals surface area contributed by atoms with Crippen LogP contribution in [0, 0.1) is 0 Å². The number of fused-ring (bicyclic) bond motifs is 18. The summed E-state index contributed by atoms with van der Waals surface area (Å²) >= 11 is 0. The van der Waals surface area contributed by atoms with Crippen LogP contribution < -0.4 is 0 Å². The Bertz CT molecular complexity index is 6400. The van der Waals surface area contributed by atoms with E-state index in [1.807, 2.05) is 0 Å². The van der Waals surface area contributed by atoms with Crippen LogP contribution in [0.5, 0.6) is 0 Å². The Labute approximate surface area is 592 Å². The van der Waals surface area contributed by atoms with E-state index in [1.54, 1.807) is 0 Å². The Kier molecular flexibility index (Phi) is 12.2. The molecule has 4 aromatic heterocycles. The minimum Gasteiger partial charge on any atom is -0.309 e. The van der Waals surface area contributed by atoms with Crippen LogP contribution in [0.25, 0.3) is 172 Å². The number of benzene rings is 14. The highest BCUT2D eigenvalue weighted by atomic mass is 15.2. The van der Waals surface area contributed by atoms with Gasteiger partial charge in [-0.25, -0.2) is 4.98 Å². The maximum absolute atomic E-state index is 5.74. The number of nitrogens with zero attached hydrogens (tertiary/aromatic N) is 5. The van der Waals surface area contributed by atoms with E-state index in [9.17, 15) is 0 Å². The minimum atomic E-state index is -0.112. The van der Waals surface area contributed by atoms with Crippen LogP contribution in [-0.2, 0) is 16.2 Å². The van der Waals surface area contributed by atoms with Gasteiger partial charge in [-0.05, 0) is 196 Å². The molecule has 3 aliphatic carbocycles. The molecule has 102 heavy (non-hydrogen) atoms. The monoisotopic (exact) mass is 1300 g/mol. The maximum atomic E-state index is 5.74. The van der Waals surface area contributed by atoms with E-state index in [0.29, 0.717) is 5.95 Å². The van der Waals surface area contributed by atoms with Crippen molar-refractivity contribution in [3.8, 4) is 107 Å². The van der Waals surface area contributed by atoms with Crippen molar-refractivity contribution in [1.29, 1.82) is 0 Å². The summed E-state index contributed by atoms with van der Waals surface area (Å²) in [7, 11) is 0. The molecular formula is C97H69N5.